The van der Waals surface area contributed by atoms with Crippen molar-refractivity contribution in [2.45, 2.75) is 11.7 Å². The number of ether oxygens (including phenoxy) is 3. The fourth-order valence-electron chi connectivity index (χ4n) is 3.04. The van der Waals surface area contributed by atoms with Crippen molar-refractivity contribution in [3.05, 3.63) is 72.7 Å². The van der Waals surface area contributed by atoms with Gasteiger partial charge in [-0.25, -0.2) is 0 Å². The summed E-state index contributed by atoms with van der Waals surface area (Å²) in [6.07, 6.45) is 1.67. The Morgan fingerprint density at radius 1 is 0.903 bits per heavy atom. The molecule has 0 aliphatic carbocycles. The van der Waals surface area contributed by atoms with Gasteiger partial charge in [0.15, 0.2) is 11.0 Å². The Hall–Kier alpha value is -3.39. The lowest BCUT2D eigenvalue weighted by Crippen LogP contribution is -2.05. The average Bonchev–Trinajstić information content (AvgIpc) is 3.48. The lowest BCUT2D eigenvalue weighted by molar-refractivity contribution is 0.342. The Kier molecular flexibility index (Phi) is 6.78. The van der Waals surface area contributed by atoms with Gasteiger partial charge >= 0.3 is 0 Å². The molecule has 0 unspecified atom stereocenters. The summed E-state index contributed by atoms with van der Waals surface area (Å²) in [5, 5.41) is 9.65. The van der Waals surface area contributed by atoms with Crippen molar-refractivity contribution in [2.24, 2.45) is 0 Å². The number of methoxy groups -OCH3 is 2. The van der Waals surface area contributed by atoms with Gasteiger partial charge in [0.1, 0.15) is 23.0 Å². The van der Waals surface area contributed by atoms with Crippen LogP contribution in [0.2, 0.25) is 0 Å². The fraction of sp³-hybridized carbons (Fsp3) is 0.217. The third-order valence-corrected chi connectivity index (χ3v) is 5.51. The topological polar surface area (TPSA) is 71.5 Å². The standard InChI is InChI=1S/C23H23N3O4S/c1-27-18-8-10-19(11-9-18)30-13-14-31-23-25-24-22(17-5-3-6-20(15-17)28-2)26(23)16-21-7-4-12-29-21/h3-12,15H,13-14,16H2,1-2H3. The van der Waals surface area contributed by atoms with Gasteiger partial charge in [-0.05, 0) is 48.5 Å². The molecule has 7 nitrogen and oxygen atoms in total. The molecule has 2 heterocycles. The minimum atomic E-state index is 0.536. The number of hydrogen-bond acceptors (Lipinski definition) is 7. The highest BCUT2D eigenvalue weighted by Gasteiger charge is 2.16. The van der Waals surface area contributed by atoms with Crippen LogP contribution in [0.5, 0.6) is 17.2 Å². The zero-order valence-corrected chi connectivity index (χ0v) is 18.2. The summed E-state index contributed by atoms with van der Waals surface area (Å²) >= 11 is 1.59. The van der Waals surface area contributed by atoms with Gasteiger partial charge in [0.05, 0.1) is 33.6 Å². The fourth-order valence-corrected chi connectivity index (χ4v) is 3.79. The zero-order valence-electron chi connectivity index (χ0n) is 17.4. The summed E-state index contributed by atoms with van der Waals surface area (Å²) in [7, 11) is 3.29. The van der Waals surface area contributed by atoms with Crippen molar-refractivity contribution in [1.29, 1.82) is 0 Å². The number of aromatic nitrogens is 3. The minimum Gasteiger partial charge on any atom is -0.497 e. The molecule has 2 aromatic heterocycles. The van der Waals surface area contributed by atoms with Crippen LogP contribution in [0.25, 0.3) is 11.4 Å². The lowest BCUT2D eigenvalue weighted by atomic mass is 10.2. The molecule has 0 fully saturated rings. The molecule has 8 heteroatoms. The molecule has 0 aliphatic rings. The third kappa shape index (κ3) is 5.21. The van der Waals surface area contributed by atoms with E-state index in [-0.39, 0.29) is 0 Å². The second-order valence-electron chi connectivity index (χ2n) is 6.58. The van der Waals surface area contributed by atoms with E-state index in [1.54, 1.807) is 32.2 Å². The molecule has 0 bridgehead atoms. The predicted molar refractivity (Wildman–Crippen MR) is 119 cm³/mol. The highest BCUT2D eigenvalue weighted by atomic mass is 32.2. The number of furan rings is 1. The molecule has 0 saturated carbocycles. The maximum atomic E-state index is 5.83. The highest BCUT2D eigenvalue weighted by molar-refractivity contribution is 7.99. The summed E-state index contributed by atoms with van der Waals surface area (Å²) < 4.78 is 24.0. The van der Waals surface area contributed by atoms with E-state index < -0.39 is 0 Å². The van der Waals surface area contributed by atoms with E-state index in [1.807, 2.05) is 65.2 Å². The monoisotopic (exact) mass is 437 g/mol. The maximum absolute atomic E-state index is 5.83. The molecule has 0 spiro atoms. The number of rotatable bonds is 10. The van der Waals surface area contributed by atoms with Gasteiger partial charge in [-0.3, -0.25) is 4.57 Å². The summed E-state index contributed by atoms with van der Waals surface area (Å²) in [6.45, 7) is 1.08. The molecule has 0 radical (unpaired) electrons. The molecular weight excluding hydrogens is 414 g/mol. The van der Waals surface area contributed by atoms with Gasteiger partial charge in [-0.1, -0.05) is 23.9 Å². The van der Waals surface area contributed by atoms with E-state index in [1.165, 1.54) is 0 Å². The molecule has 0 atom stereocenters. The van der Waals surface area contributed by atoms with Crippen LogP contribution in [0.15, 0.2) is 76.5 Å². The van der Waals surface area contributed by atoms with E-state index in [4.69, 9.17) is 18.6 Å². The molecule has 0 aliphatic heterocycles. The summed E-state index contributed by atoms with van der Waals surface area (Å²) in [4.78, 5) is 0. The zero-order chi connectivity index (χ0) is 21.5. The largest absolute Gasteiger partial charge is 0.497 e. The van der Waals surface area contributed by atoms with Gasteiger partial charge in [-0.15, -0.1) is 10.2 Å². The minimum absolute atomic E-state index is 0.536. The van der Waals surface area contributed by atoms with E-state index in [2.05, 4.69) is 10.2 Å². The smallest absolute Gasteiger partial charge is 0.192 e. The van der Waals surface area contributed by atoms with Crippen LogP contribution in [-0.4, -0.2) is 41.3 Å². The van der Waals surface area contributed by atoms with E-state index in [0.717, 1.165) is 45.3 Å². The average molecular weight is 438 g/mol. The second-order valence-corrected chi connectivity index (χ2v) is 7.64. The highest BCUT2D eigenvalue weighted by Crippen LogP contribution is 2.27. The quantitative estimate of drug-likeness (QED) is 0.261. The van der Waals surface area contributed by atoms with E-state index in [0.29, 0.717) is 13.2 Å². The molecule has 0 N–H and O–H groups in total. The van der Waals surface area contributed by atoms with Crippen molar-refractivity contribution in [3.8, 4) is 28.6 Å². The molecule has 0 saturated heterocycles. The molecule has 160 valence electrons. The molecule has 0 amide bonds. The Morgan fingerprint density at radius 3 is 2.45 bits per heavy atom. The molecular formula is C23H23N3O4S. The molecule has 4 aromatic rings. The van der Waals surface area contributed by atoms with Gasteiger partial charge in [0, 0.05) is 11.3 Å². The summed E-state index contributed by atoms with van der Waals surface area (Å²) in [6, 6.07) is 19.1. The van der Waals surface area contributed by atoms with Crippen molar-refractivity contribution >= 4 is 11.8 Å². The first kappa shape index (κ1) is 20.9. The Bertz CT molecular complexity index is 1090. The predicted octanol–water partition coefficient (Wildman–Crippen LogP) is 4.77. The SMILES string of the molecule is COc1ccc(OCCSc2nnc(-c3cccc(OC)c3)n2Cc2ccco2)cc1. The van der Waals surface area contributed by atoms with Crippen LogP contribution in [0.1, 0.15) is 5.76 Å². The lowest BCUT2D eigenvalue weighted by Gasteiger charge is -2.10. The molecule has 31 heavy (non-hydrogen) atoms. The Balaban J connectivity index is 1.47. The van der Waals surface area contributed by atoms with Gasteiger partial charge in [-0.2, -0.15) is 0 Å². The van der Waals surface area contributed by atoms with Crippen LogP contribution >= 0.6 is 11.8 Å². The van der Waals surface area contributed by atoms with Crippen LogP contribution in [-0.2, 0) is 6.54 Å². The van der Waals surface area contributed by atoms with Gasteiger partial charge in [0.2, 0.25) is 0 Å². The maximum Gasteiger partial charge on any atom is 0.192 e. The normalized spacial score (nSPS) is 10.8. The number of thioether (sulfide) groups is 1. The van der Waals surface area contributed by atoms with Crippen LogP contribution in [0, 0.1) is 0 Å². The van der Waals surface area contributed by atoms with Crippen LogP contribution in [0.3, 0.4) is 0 Å². The Morgan fingerprint density at radius 2 is 1.71 bits per heavy atom. The first-order valence-electron chi connectivity index (χ1n) is 9.76. The second kappa shape index (κ2) is 10.1. The first-order valence-corrected chi connectivity index (χ1v) is 10.7. The van der Waals surface area contributed by atoms with Crippen LogP contribution < -0.4 is 14.2 Å². The van der Waals surface area contributed by atoms with Crippen molar-refractivity contribution in [1.82, 2.24) is 14.8 Å². The molecule has 2 aromatic carbocycles. The number of hydrogen-bond donors (Lipinski definition) is 0. The first-order chi connectivity index (χ1) is 15.3. The van der Waals surface area contributed by atoms with Crippen molar-refractivity contribution in [2.75, 3.05) is 26.6 Å². The van der Waals surface area contributed by atoms with Crippen molar-refractivity contribution in [3.63, 3.8) is 0 Å². The summed E-state index contributed by atoms with van der Waals surface area (Å²) in [5.74, 6) is 4.69. The van der Waals surface area contributed by atoms with E-state index in [9.17, 15) is 0 Å². The van der Waals surface area contributed by atoms with Crippen molar-refractivity contribution < 1.29 is 18.6 Å². The third-order valence-electron chi connectivity index (χ3n) is 4.58. The number of nitrogens with zero attached hydrogens (tertiary/aromatic N) is 3. The van der Waals surface area contributed by atoms with E-state index >= 15 is 0 Å². The number of benzene rings is 2. The van der Waals surface area contributed by atoms with Gasteiger partial charge < -0.3 is 18.6 Å². The Labute approximate surface area is 185 Å². The molecule has 4 rings (SSSR count). The van der Waals surface area contributed by atoms with Crippen LogP contribution in [0.4, 0.5) is 0 Å². The summed E-state index contributed by atoms with van der Waals surface area (Å²) in [5.41, 5.74) is 0.930. The van der Waals surface area contributed by atoms with Gasteiger partial charge in [0.25, 0.3) is 0 Å².